The monoisotopic (exact) mass is 317 g/mol. The second kappa shape index (κ2) is 7.11. The summed E-state index contributed by atoms with van der Waals surface area (Å²) in [5.74, 6) is 1.70. The van der Waals surface area contributed by atoms with Gasteiger partial charge in [0, 0.05) is 25.8 Å². The Morgan fingerprint density at radius 2 is 2.10 bits per heavy atom. The van der Waals surface area contributed by atoms with Gasteiger partial charge in [-0.15, -0.1) is 24.8 Å². The number of fused-ring (bicyclic) bond motifs is 1. The van der Waals surface area contributed by atoms with E-state index >= 15 is 0 Å². The predicted octanol–water partition coefficient (Wildman–Crippen LogP) is 2.24. The minimum atomic E-state index is 0. The number of hydrogen-bond acceptors (Lipinski definition) is 4. The molecule has 2 N–H and O–H groups in total. The molecule has 20 heavy (non-hydrogen) atoms. The van der Waals surface area contributed by atoms with Gasteiger partial charge >= 0.3 is 0 Å². The largest absolute Gasteiger partial charge is 0.354 e. The minimum absolute atomic E-state index is 0. The van der Waals surface area contributed by atoms with Gasteiger partial charge in [0.25, 0.3) is 0 Å². The molecule has 0 amide bonds. The summed E-state index contributed by atoms with van der Waals surface area (Å²) >= 11 is 0. The number of anilines is 1. The molecule has 2 aromatic rings. The standard InChI is InChI=1S/C13H19N5.2ClH/c1-9-3-5-14-7-11(9)18(2)13-10-4-6-15-12(10)16-8-17-13;;/h4,6,8-9,11,14H,3,5,7H2,1-2H3,(H,15,16,17);2*1H. The molecule has 0 radical (unpaired) electrons. The quantitative estimate of drug-likeness (QED) is 0.892. The average Bonchev–Trinajstić information content (AvgIpc) is 2.86. The van der Waals surface area contributed by atoms with Crippen LogP contribution >= 0.6 is 24.8 Å². The molecule has 0 spiro atoms. The van der Waals surface area contributed by atoms with Crippen molar-refractivity contribution in [3.8, 4) is 0 Å². The molecule has 112 valence electrons. The van der Waals surface area contributed by atoms with E-state index in [1.54, 1.807) is 6.33 Å². The van der Waals surface area contributed by atoms with Crippen LogP contribution in [0, 0.1) is 5.92 Å². The summed E-state index contributed by atoms with van der Waals surface area (Å²) in [6.45, 7) is 4.46. The molecule has 2 unspecified atom stereocenters. The van der Waals surface area contributed by atoms with Gasteiger partial charge < -0.3 is 15.2 Å². The van der Waals surface area contributed by atoms with Gasteiger partial charge in [-0.05, 0) is 24.9 Å². The maximum absolute atomic E-state index is 4.46. The lowest BCUT2D eigenvalue weighted by atomic mass is 9.93. The maximum atomic E-state index is 4.46. The fourth-order valence-electron chi connectivity index (χ4n) is 2.79. The first kappa shape index (κ1) is 17.0. The van der Waals surface area contributed by atoms with Crippen LogP contribution in [0.1, 0.15) is 13.3 Å². The van der Waals surface area contributed by atoms with Crippen molar-refractivity contribution in [2.75, 3.05) is 25.0 Å². The Bertz CT molecular complexity index is 544. The Hall–Kier alpha value is -1.04. The zero-order chi connectivity index (χ0) is 12.5. The minimum Gasteiger partial charge on any atom is -0.354 e. The highest BCUT2D eigenvalue weighted by molar-refractivity contribution is 5.87. The summed E-state index contributed by atoms with van der Waals surface area (Å²) in [7, 11) is 2.13. The number of H-pyrrole nitrogens is 1. The first-order chi connectivity index (χ1) is 8.77. The number of nitrogens with one attached hydrogen (secondary N) is 2. The lowest BCUT2D eigenvalue weighted by molar-refractivity contribution is 0.338. The van der Waals surface area contributed by atoms with E-state index in [-0.39, 0.29) is 24.8 Å². The summed E-state index contributed by atoms with van der Waals surface area (Å²) in [6.07, 6.45) is 4.77. The first-order valence-corrected chi connectivity index (χ1v) is 6.49. The summed E-state index contributed by atoms with van der Waals surface area (Å²) in [6, 6.07) is 2.54. The third-order valence-electron chi connectivity index (χ3n) is 3.95. The number of piperidine rings is 1. The van der Waals surface area contributed by atoms with E-state index in [1.807, 2.05) is 12.3 Å². The molecule has 1 saturated heterocycles. The molecule has 0 saturated carbocycles. The lowest BCUT2D eigenvalue weighted by Crippen LogP contribution is -2.49. The zero-order valence-corrected chi connectivity index (χ0v) is 13.3. The van der Waals surface area contributed by atoms with Crippen LogP contribution < -0.4 is 10.2 Å². The van der Waals surface area contributed by atoms with Crippen LogP contribution in [0.2, 0.25) is 0 Å². The van der Waals surface area contributed by atoms with Gasteiger partial charge in [0.2, 0.25) is 0 Å². The second-order valence-corrected chi connectivity index (χ2v) is 5.09. The van der Waals surface area contributed by atoms with Crippen LogP contribution in [0.25, 0.3) is 11.0 Å². The number of rotatable bonds is 2. The molecular weight excluding hydrogens is 297 g/mol. The van der Waals surface area contributed by atoms with Crippen LogP contribution in [0.5, 0.6) is 0 Å². The Morgan fingerprint density at radius 1 is 1.30 bits per heavy atom. The molecule has 1 aliphatic rings. The normalized spacial score (nSPS) is 21.9. The fraction of sp³-hybridized carbons (Fsp3) is 0.538. The van der Waals surface area contributed by atoms with E-state index in [4.69, 9.17) is 0 Å². The molecule has 2 aromatic heterocycles. The van der Waals surface area contributed by atoms with E-state index in [2.05, 4.69) is 39.1 Å². The topological polar surface area (TPSA) is 56.8 Å². The van der Waals surface area contributed by atoms with E-state index < -0.39 is 0 Å². The smallest absolute Gasteiger partial charge is 0.142 e. The molecule has 7 heteroatoms. The highest BCUT2D eigenvalue weighted by atomic mass is 35.5. The third-order valence-corrected chi connectivity index (χ3v) is 3.95. The van der Waals surface area contributed by atoms with E-state index in [9.17, 15) is 0 Å². The van der Waals surface area contributed by atoms with Crippen molar-refractivity contribution in [3.63, 3.8) is 0 Å². The Kier molecular flexibility index (Phi) is 6.05. The summed E-state index contributed by atoms with van der Waals surface area (Å²) in [5.41, 5.74) is 0.906. The van der Waals surface area contributed by atoms with Crippen molar-refractivity contribution in [3.05, 3.63) is 18.6 Å². The van der Waals surface area contributed by atoms with Crippen molar-refractivity contribution in [2.24, 2.45) is 5.92 Å². The van der Waals surface area contributed by atoms with E-state index in [0.29, 0.717) is 12.0 Å². The van der Waals surface area contributed by atoms with Gasteiger partial charge in [-0.3, -0.25) is 0 Å². The van der Waals surface area contributed by atoms with Gasteiger partial charge in [0.15, 0.2) is 0 Å². The molecule has 3 rings (SSSR count). The average molecular weight is 318 g/mol. The van der Waals surface area contributed by atoms with Gasteiger partial charge in [-0.25, -0.2) is 9.97 Å². The number of nitrogens with zero attached hydrogens (tertiary/aromatic N) is 3. The van der Waals surface area contributed by atoms with Crippen LogP contribution in [0.4, 0.5) is 5.82 Å². The molecule has 1 aliphatic heterocycles. The number of likely N-dealkylation sites (N-methyl/N-ethyl adjacent to an activating group) is 1. The van der Waals surface area contributed by atoms with Crippen molar-refractivity contribution < 1.29 is 0 Å². The van der Waals surface area contributed by atoms with Crippen LogP contribution in [-0.4, -0.2) is 41.1 Å². The lowest BCUT2D eigenvalue weighted by Gasteiger charge is -2.37. The molecule has 0 aromatic carbocycles. The summed E-state index contributed by atoms with van der Waals surface area (Å²) < 4.78 is 0. The van der Waals surface area contributed by atoms with Gasteiger partial charge in [0.1, 0.15) is 17.8 Å². The number of aromatic amines is 1. The predicted molar refractivity (Wildman–Crippen MR) is 87.2 cm³/mol. The molecular formula is C13H21Cl2N5. The van der Waals surface area contributed by atoms with E-state index in [1.165, 1.54) is 6.42 Å². The van der Waals surface area contributed by atoms with Gasteiger partial charge in [0.05, 0.1) is 5.39 Å². The maximum Gasteiger partial charge on any atom is 0.142 e. The zero-order valence-electron chi connectivity index (χ0n) is 11.7. The molecule has 2 atom stereocenters. The van der Waals surface area contributed by atoms with Crippen molar-refractivity contribution in [2.45, 2.75) is 19.4 Å². The fourth-order valence-corrected chi connectivity index (χ4v) is 2.79. The van der Waals surface area contributed by atoms with Crippen molar-refractivity contribution >= 4 is 41.7 Å². The Balaban J connectivity index is 0.000001000. The number of aromatic nitrogens is 3. The van der Waals surface area contributed by atoms with Crippen LogP contribution in [0.15, 0.2) is 18.6 Å². The molecule has 0 aliphatic carbocycles. The van der Waals surface area contributed by atoms with Crippen LogP contribution in [-0.2, 0) is 0 Å². The molecule has 3 heterocycles. The summed E-state index contributed by atoms with van der Waals surface area (Å²) in [4.78, 5) is 14.1. The third kappa shape index (κ3) is 3.00. The SMILES string of the molecule is CC1CCNCC1N(C)c1ncnc2[nH]ccc12.Cl.Cl. The van der Waals surface area contributed by atoms with Crippen molar-refractivity contribution in [1.29, 1.82) is 0 Å². The van der Waals surface area contributed by atoms with Crippen LogP contribution in [0.3, 0.4) is 0 Å². The number of hydrogen-bond donors (Lipinski definition) is 2. The van der Waals surface area contributed by atoms with Crippen molar-refractivity contribution in [1.82, 2.24) is 20.3 Å². The van der Waals surface area contributed by atoms with E-state index in [0.717, 1.165) is 29.9 Å². The summed E-state index contributed by atoms with van der Waals surface area (Å²) in [5, 5.41) is 4.56. The Morgan fingerprint density at radius 3 is 2.85 bits per heavy atom. The number of halogens is 2. The molecule has 0 bridgehead atoms. The molecule has 1 fully saturated rings. The first-order valence-electron chi connectivity index (χ1n) is 6.49. The second-order valence-electron chi connectivity index (χ2n) is 5.09. The highest BCUT2D eigenvalue weighted by Gasteiger charge is 2.26. The molecule has 5 nitrogen and oxygen atoms in total. The Labute approximate surface area is 131 Å². The highest BCUT2D eigenvalue weighted by Crippen LogP contribution is 2.26. The van der Waals surface area contributed by atoms with Gasteiger partial charge in [-0.1, -0.05) is 6.92 Å². The van der Waals surface area contributed by atoms with Gasteiger partial charge in [-0.2, -0.15) is 0 Å².